The van der Waals surface area contributed by atoms with E-state index in [1.807, 2.05) is 57.2 Å². The molecule has 4 aromatic rings. The molecule has 0 aliphatic carbocycles. The SMILES string of the molecule is Cc1cc(C)nc(-n2nc(C)cc2NC(=O)c2ccc(N3CCc4ccccc4C3)cc2)n1. The Morgan fingerprint density at radius 3 is 2.30 bits per heavy atom. The number of nitrogens with zero attached hydrogens (tertiary/aromatic N) is 5. The second-order valence-electron chi connectivity index (χ2n) is 8.47. The molecular formula is C26H26N6O. The molecule has 2 aromatic heterocycles. The van der Waals surface area contributed by atoms with Crippen molar-refractivity contribution in [2.24, 2.45) is 0 Å². The van der Waals surface area contributed by atoms with Crippen molar-refractivity contribution in [3.05, 3.63) is 94.4 Å². The first-order chi connectivity index (χ1) is 16.0. The smallest absolute Gasteiger partial charge is 0.256 e. The van der Waals surface area contributed by atoms with Crippen molar-refractivity contribution in [1.82, 2.24) is 19.7 Å². The Kier molecular flexibility index (Phi) is 5.38. The summed E-state index contributed by atoms with van der Waals surface area (Å²) in [5.74, 6) is 0.784. The van der Waals surface area contributed by atoms with Gasteiger partial charge in [-0.2, -0.15) is 9.78 Å². The van der Waals surface area contributed by atoms with Crippen LogP contribution in [0.5, 0.6) is 0 Å². The van der Waals surface area contributed by atoms with Gasteiger partial charge in [0, 0.05) is 41.8 Å². The molecule has 0 atom stereocenters. The molecule has 7 nitrogen and oxygen atoms in total. The molecule has 0 saturated heterocycles. The fourth-order valence-electron chi connectivity index (χ4n) is 4.27. The van der Waals surface area contributed by atoms with E-state index in [-0.39, 0.29) is 5.91 Å². The lowest BCUT2D eigenvalue weighted by Gasteiger charge is -2.30. The van der Waals surface area contributed by atoms with Crippen molar-refractivity contribution in [2.45, 2.75) is 33.7 Å². The highest BCUT2D eigenvalue weighted by Gasteiger charge is 2.18. The van der Waals surface area contributed by atoms with Crippen molar-refractivity contribution < 1.29 is 4.79 Å². The minimum atomic E-state index is -0.198. The van der Waals surface area contributed by atoms with Gasteiger partial charge >= 0.3 is 0 Å². The summed E-state index contributed by atoms with van der Waals surface area (Å²) in [4.78, 5) is 24.3. The summed E-state index contributed by atoms with van der Waals surface area (Å²) in [6.45, 7) is 7.55. The molecule has 0 radical (unpaired) electrons. The lowest BCUT2D eigenvalue weighted by Crippen LogP contribution is -2.30. The zero-order valence-corrected chi connectivity index (χ0v) is 19.0. The second kappa shape index (κ2) is 8.50. The summed E-state index contributed by atoms with van der Waals surface area (Å²) < 4.78 is 1.58. The van der Waals surface area contributed by atoms with E-state index in [2.05, 4.69) is 49.5 Å². The normalized spacial score (nSPS) is 13.0. The van der Waals surface area contributed by atoms with Gasteiger partial charge in [0.05, 0.1) is 5.69 Å². The quantitative estimate of drug-likeness (QED) is 0.511. The highest BCUT2D eigenvalue weighted by atomic mass is 16.1. The summed E-state index contributed by atoms with van der Waals surface area (Å²) in [6.07, 6.45) is 1.03. The molecule has 0 bridgehead atoms. The number of aryl methyl sites for hydroxylation is 3. The Bertz CT molecular complexity index is 1300. The Hall–Kier alpha value is -4.00. The van der Waals surface area contributed by atoms with Crippen LogP contribution in [0.2, 0.25) is 0 Å². The van der Waals surface area contributed by atoms with Gasteiger partial charge in [0.25, 0.3) is 11.9 Å². The van der Waals surface area contributed by atoms with Crippen LogP contribution in [0.3, 0.4) is 0 Å². The molecule has 2 aromatic carbocycles. The molecule has 5 rings (SSSR count). The minimum absolute atomic E-state index is 0.198. The fraction of sp³-hybridized carbons (Fsp3) is 0.231. The van der Waals surface area contributed by atoms with Crippen LogP contribution in [0.15, 0.2) is 60.7 Å². The molecule has 7 heteroatoms. The first-order valence-corrected chi connectivity index (χ1v) is 11.1. The van der Waals surface area contributed by atoms with Gasteiger partial charge in [-0.3, -0.25) is 4.79 Å². The van der Waals surface area contributed by atoms with E-state index in [4.69, 9.17) is 0 Å². The number of aromatic nitrogens is 4. The third kappa shape index (κ3) is 4.35. The maximum atomic E-state index is 13.0. The molecule has 0 unspecified atom stereocenters. The number of carbonyl (C=O) groups is 1. The number of rotatable bonds is 4. The van der Waals surface area contributed by atoms with Crippen LogP contribution in [0.4, 0.5) is 11.5 Å². The molecule has 1 N–H and O–H groups in total. The maximum Gasteiger partial charge on any atom is 0.256 e. The predicted molar refractivity (Wildman–Crippen MR) is 129 cm³/mol. The van der Waals surface area contributed by atoms with Gasteiger partial charge in [-0.1, -0.05) is 24.3 Å². The number of amides is 1. The Balaban J connectivity index is 1.33. The summed E-state index contributed by atoms with van der Waals surface area (Å²) in [6, 6.07) is 20.1. The molecule has 3 heterocycles. The van der Waals surface area contributed by atoms with Gasteiger partial charge in [-0.05, 0) is 68.7 Å². The summed E-state index contributed by atoms with van der Waals surface area (Å²) in [5.41, 5.74) is 6.95. The maximum absolute atomic E-state index is 13.0. The van der Waals surface area contributed by atoms with Gasteiger partial charge < -0.3 is 10.2 Å². The molecule has 0 fully saturated rings. The fourth-order valence-corrected chi connectivity index (χ4v) is 4.27. The van der Waals surface area contributed by atoms with Crippen molar-refractivity contribution in [2.75, 3.05) is 16.8 Å². The average molecular weight is 439 g/mol. The van der Waals surface area contributed by atoms with Crippen LogP contribution in [-0.4, -0.2) is 32.2 Å². The van der Waals surface area contributed by atoms with E-state index in [0.29, 0.717) is 17.3 Å². The Morgan fingerprint density at radius 1 is 0.879 bits per heavy atom. The van der Waals surface area contributed by atoms with E-state index in [0.717, 1.165) is 42.3 Å². The monoisotopic (exact) mass is 438 g/mol. The first kappa shape index (κ1) is 20.9. The number of nitrogens with one attached hydrogen (secondary N) is 1. The van der Waals surface area contributed by atoms with Crippen molar-refractivity contribution in [3.63, 3.8) is 0 Å². The molecule has 0 saturated carbocycles. The zero-order valence-electron chi connectivity index (χ0n) is 19.0. The largest absolute Gasteiger partial charge is 0.367 e. The predicted octanol–water partition coefficient (Wildman–Crippen LogP) is 4.40. The molecule has 1 amide bonds. The molecule has 166 valence electrons. The Labute approximate surface area is 193 Å². The van der Waals surface area contributed by atoms with E-state index < -0.39 is 0 Å². The highest BCUT2D eigenvalue weighted by molar-refractivity contribution is 6.04. The standard InChI is InChI=1S/C26H26N6O/c1-17-14-18(2)28-26(27-17)32-24(15-19(3)30-32)29-25(33)21-8-10-23(11-9-21)31-13-12-20-6-4-5-7-22(20)16-31/h4-11,14-15H,12-13,16H2,1-3H3,(H,29,33). The summed E-state index contributed by atoms with van der Waals surface area (Å²) >= 11 is 0. The molecule has 0 spiro atoms. The van der Waals surface area contributed by atoms with Gasteiger partial charge in [-0.15, -0.1) is 0 Å². The first-order valence-electron chi connectivity index (χ1n) is 11.1. The van der Waals surface area contributed by atoms with E-state index >= 15 is 0 Å². The van der Waals surface area contributed by atoms with Crippen molar-refractivity contribution >= 4 is 17.4 Å². The molecule has 33 heavy (non-hydrogen) atoms. The number of hydrogen-bond donors (Lipinski definition) is 1. The third-order valence-electron chi connectivity index (χ3n) is 5.86. The van der Waals surface area contributed by atoms with Crippen LogP contribution in [-0.2, 0) is 13.0 Å². The second-order valence-corrected chi connectivity index (χ2v) is 8.47. The van der Waals surface area contributed by atoms with Crippen LogP contribution in [0.1, 0.15) is 38.6 Å². The van der Waals surface area contributed by atoms with Crippen molar-refractivity contribution in [1.29, 1.82) is 0 Å². The topological polar surface area (TPSA) is 75.9 Å². The Morgan fingerprint density at radius 2 is 1.58 bits per heavy atom. The van der Waals surface area contributed by atoms with Crippen LogP contribution >= 0.6 is 0 Å². The lowest BCUT2D eigenvalue weighted by molar-refractivity contribution is 0.102. The van der Waals surface area contributed by atoms with E-state index in [1.165, 1.54) is 11.1 Å². The van der Waals surface area contributed by atoms with Crippen LogP contribution in [0, 0.1) is 20.8 Å². The number of anilines is 2. The molecule has 1 aliphatic heterocycles. The third-order valence-corrected chi connectivity index (χ3v) is 5.86. The van der Waals surface area contributed by atoms with E-state index in [9.17, 15) is 4.79 Å². The van der Waals surface area contributed by atoms with Gasteiger partial charge in [0.1, 0.15) is 5.82 Å². The van der Waals surface area contributed by atoms with Crippen LogP contribution < -0.4 is 10.2 Å². The number of benzene rings is 2. The van der Waals surface area contributed by atoms with Gasteiger partial charge in [0.2, 0.25) is 0 Å². The van der Waals surface area contributed by atoms with Gasteiger partial charge in [0.15, 0.2) is 0 Å². The lowest BCUT2D eigenvalue weighted by atomic mass is 9.99. The number of fused-ring (bicyclic) bond motifs is 1. The van der Waals surface area contributed by atoms with Gasteiger partial charge in [-0.25, -0.2) is 9.97 Å². The summed E-state index contributed by atoms with van der Waals surface area (Å²) in [5, 5.41) is 7.44. The van der Waals surface area contributed by atoms with Crippen molar-refractivity contribution in [3.8, 4) is 5.95 Å². The number of hydrogen-bond acceptors (Lipinski definition) is 5. The zero-order chi connectivity index (χ0) is 22.9. The molecular weight excluding hydrogens is 412 g/mol. The van der Waals surface area contributed by atoms with E-state index in [1.54, 1.807) is 4.68 Å². The highest BCUT2D eigenvalue weighted by Crippen LogP contribution is 2.25. The number of carbonyl (C=O) groups excluding carboxylic acids is 1. The van der Waals surface area contributed by atoms with Crippen LogP contribution in [0.25, 0.3) is 5.95 Å². The average Bonchev–Trinajstić information content (AvgIpc) is 3.18. The molecule has 1 aliphatic rings. The summed E-state index contributed by atoms with van der Waals surface area (Å²) in [7, 11) is 0. The minimum Gasteiger partial charge on any atom is -0.367 e.